The number of ether oxygens (including phenoxy) is 1. The number of carboxylic acid groups (broad SMARTS) is 1. The van der Waals surface area contributed by atoms with Crippen LogP contribution in [0.25, 0.3) is 16.8 Å². The van der Waals surface area contributed by atoms with Gasteiger partial charge in [0.1, 0.15) is 10.1 Å². The molecule has 7 heteroatoms. The highest BCUT2D eigenvalue weighted by Gasteiger charge is 2.31. The van der Waals surface area contributed by atoms with Gasteiger partial charge in [0.25, 0.3) is 5.91 Å². The van der Waals surface area contributed by atoms with Gasteiger partial charge in [-0.25, -0.2) is 0 Å². The second-order valence-electron chi connectivity index (χ2n) is 6.13. The van der Waals surface area contributed by atoms with Crippen LogP contribution in [0.15, 0.2) is 41.3 Å². The van der Waals surface area contributed by atoms with Crippen molar-refractivity contribution in [1.29, 1.82) is 0 Å². The van der Waals surface area contributed by atoms with Crippen LogP contribution in [0.2, 0.25) is 0 Å². The quantitative estimate of drug-likeness (QED) is 0.404. The number of fused-ring (bicyclic) bond motifs is 1. The van der Waals surface area contributed by atoms with Crippen LogP contribution in [0.1, 0.15) is 24.8 Å². The number of nitrogens with zero attached hydrogens (tertiary/aromatic N) is 1. The number of carboxylic acids is 1. The van der Waals surface area contributed by atoms with Gasteiger partial charge in [-0.3, -0.25) is 9.69 Å². The van der Waals surface area contributed by atoms with E-state index in [-0.39, 0.29) is 12.3 Å². The molecule has 140 valence electrons. The second-order valence-corrected chi connectivity index (χ2v) is 7.81. The summed E-state index contributed by atoms with van der Waals surface area (Å²) in [6, 6.07) is 11.8. The molecule has 2 aromatic rings. The lowest BCUT2D eigenvalue weighted by molar-refractivity contribution is -0.305. The fraction of sp³-hybridized carbons (Fsp3) is 0.250. The zero-order chi connectivity index (χ0) is 19.4. The van der Waals surface area contributed by atoms with Crippen LogP contribution in [0, 0.1) is 0 Å². The lowest BCUT2D eigenvalue weighted by Crippen LogP contribution is -2.29. The number of aliphatic carboxylic acids is 1. The minimum atomic E-state index is -1.07. The predicted octanol–water partition coefficient (Wildman–Crippen LogP) is 2.97. The molecule has 0 N–H and O–H groups in total. The maximum atomic E-state index is 12.6. The highest BCUT2D eigenvalue weighted by molar-refractivity contribution is 8.26. The number of benzene rings is 2. The van der Waals surface area contributed by atoms with Gasteiger partial charge in [0, 0.05) is 12.5 Å². The fourth-order valence-electron chi connectivity index (χ4n) is 2.84. The van der Waals surface area contributed by atoms with E-state index in [1.54, 1.807) is 7.11 Å². The van der Waals surface area contributed by atoms with Gasteiger partial charge in [-0.15, -0.1) is 0 Å². The zero-order valence-corrected chi connectivity index (χ0v) is 16.4. The van der Waals surface area contributed by atoms with E-state index in [1.807, 2.05) is 42.5 Å². The molecule has 2 aromatic carbocycles. The molecule has 0 bridgehead atoms. The van der Waals surface area contributed by atoms with Crippen molar-refractivity contribution in [2.45, 2.75) is 19.3 Å². The Labute approximate surface area is 167 Å². The monoisotopic (exact) mass is 400 g/mol. The minimum absolute atomic E-state index is 0.00743. The van der Waals surface area contributed by atoms with Crippen LogP contribution in [-0.4, -0.2) is 34.8 Å². The van der Waals surface area contributed by atoms with Gasteiger partial charge >= 0.3 is 0 Å². The number of carbonyl (C=O) groups is 2. The molecule has 1 fully saturated rings. The average Bonchev–Trinajstić information content (AvgIpc) is 2.91. The fourth-order valence-corrected chi connectivity index (χ4v) is 4.15. The molecular weight excluding hydrogens is 382 g/mol. The number of methoxy groups -OCH3 is 1. The molecule has 5 nitrogen and oxygen atoms in total. The Morgan fingerprint density at radius 2 is 1.96 bits per heavy atom. The molecule has 1 aliphatic rings. The Balaban J connectivity index is 1.73. The summed E-state index contributed by atoms with van der Waals surface area (Å²) in [6.45, 7) is 0.423. The van der Waals surface area contributed by atoms with Crippen molar-refractivity contribution in [1.82, 2.24) is 4.90 Å². The summed E-state index contributed by atoms with van der Waals surface area (Å²) in [5.41, 5.74) is 0.921. The molecule has 3 rings (SSSR count). The minimum Gasteiger partial charge on any atom is -0.550 e. The normalized spacial score (nSPS) is 15.7. The predicted molar refractivity (Wildman–Crippen MR) is 109 cm³/mol. The van der Waals surface area contributed by atoms with Gasteiger partial charge < -0.3 is 14.6 Å². The number of hydrogen-bond donors (Lipinski definition) is 0. The second kappa shape index (κ2) is 8.54. The van der Waals surface area contributed by atoms with Crippen LogP contribution in [0.3, 0.4) is 0 Å². The van der Waals surface area contributed by atoms with E-state index in [4.69, 9.17) is 17.0 Å². The Morgan fingerprint density at radius 1 is 1.22 bits per heavy atom. The summed E-state index contributed by atoms with van der Waals surface area (Å²) in [6.07, 6.45) is 2.87. The number of hydrogen-bond acceptors (Lipinski definition) is 6. The van der Waals surface area contributed by atoms with Gasteiger partial charge in [-0.05, 0) is 59.9 Å². The van der Waals surface area contributed by atoms with Crippen molar-refractivity contribution in [2.75, 3.05) is 13.7 Å². The molecule has 0 aromatic heterocycles. The number of carbonyl (C=O) groups excluding carboxylic acids is 2. The maximum Gasteiger partial charge on any atom is 0.266 e. The first-order valence-corrected chi connectivity index (χ1v) is 9.73. The average molecular weight is 401 g/mol. The van der Waals surface area contributed by atoms with Crippen molar-refractivity contribution >= 4 is 57.0 Å². The standard InChI is InChI=1S/C20H19NO4S2/c1-25-16-8-7-14-10-13(5-6-15(14)12-16)11-17-19(24)21(20(26)27-17)9-3-2-4-18(22)23/h5-8,10-12H,2-4,9H2,1H3,(H,22,23)/p-1/b17-11-. The summed E-state index contributed by atoms with van der Waals surface area (Å²) >= 11 is 6.57. The molecule has 0 atom stereocenters. The first-order valence-electron chi connectivity index (χ1n) is 8.51. The highest BCUT2D eigenvalue weighted by Crippen LogP contribution is 2.33. The highest BCUT2D eigenvalue weighted by atomic mass is 32.2. The van der Waals surface area contributed by atoms with E-state index in [9.17, 15) is 14.7 Å². The first-order chi connectivity index (χ1) is 13.0. The molecule has 0 aliphatic carbocycles. The number of amides is 1. The third-order valence-electron chi connectivity index (χ3n) is 4.26. The van der Waals surface area contributed by atoms with Crippen LogP contribution in [0.4, 0.5) is 0 Å². The van der Waals surface area contributed by atoms with Crippen molar-refractivity contribution in [3.63, 3.8) is 0 Å². The molecule has 0 unspecified atom stereocenters. The van der Waals surface area contributed by atoms with Gasteiger partial charge in [0.2, 0.25) is 0 Å². The van der Waals surface area contributed by atoms with Crippen molar-refractivity contribution in [3.8, 4) is 5.75 Å². The summed E-state index contributed by atoms with van der Waals surface area (Å²) in [4.78, 5) is 25.2. The number of thiocarbonyl (C=S) groups is 1. The summed E-state index contributed by atoms with van der Waals surface area (Å²) in [5, 5.41) is 12.6. The molecule has 0 spiro atoms. The van der Waals surface area contributed by atoms with E-state index in [0.29, 0.717) is 28.6 Å². The molecule has 0 saturated carbocycles. The lowest BCUT2D eigenvalue weighted by atomic mass is 10.1. The van der Waals surface area contributed by atoms with Crippen LogP contribution >= 0.6 is 24.0 Å². The zero-order valence-electron chi connectivity index (χ0n) is 14.8. The van der Waals surface area contributed by atoms with E-state index in [2.05, 4.69) is 0 Å². The molecule has 1 aliphatic heterocycles. The third-order valence-corrected chi connectivity index (χ3v) is 5.63. The molecule has 27 heavy (non-hydrogen) atoms. The van der Waals surface area contributed by atoms with Gasteiger partial charge in [0.15, 0.2) is 0 Å². The van der Waals surface area contributed by atoms with Crippen LogP contribution in [0.5, 0.6) is 5.75 Å². The van der Waals surface area contributed by atoms with E-state index in [0.717, 1.165) is 22.1 Å². The Morgan fingerprint density at radius 3 is 2.70 bits per heavy atom. The van der Waals surface area contributed by atoms with E-state index >= 15 is 0 Å². The topological polar surface area (TPSA) is 69.7 Å². The van der Waals surface area contributed by atoms with Crippen LogP contribution < -0.4 is 9.84 Å². The summed E-state index contributed by atoms with van der Waals surface area (Å²) < 4.78 is 5.74. The molecule has 1 heterocycles. The molecule has 1 saturated heterocycles. The van der Waals surface area contributed by atoms with Gasteiger partial charge in [-0.2, -0.15) is 0 Å². The number of thioether (sulfide) groups is 1. The molecule has 0 radical (unpaired) electrons. The van der Waals surface area contributed by atoms with Crippen LogP contribution in [-0.2, 0) is 9.59 Å². The van der Waals surface area contributed by atoms with Crippen molar-refractivity contribution in [2.24, 2.45) is 0 Å². The SMILES string of the molecule is COc1ccc2cc(/C=C3\SC(=S)N(CCCCC(=O)[O-])C3=O)ccc2c1. The van der Waals surface area contributed by atoms with Gasteiger partial charge in [-0.1, -0.05) is 42.2 Å². The summed E-state index contributed by atoms with van der Waals surface area (Å²) in [7, 11) is 1.64. The molecular formula is C20H18NO4S2-. The largest absolute Gasteiger partial charge is 0.550 e. The Bertz CT molecular complexity index is 939. The van der Waals surface area contributed by atoms with Crippen molar-refractivity contribution in [3.05, 3.63) is 46.9 Å². The third kappa shape index (κ3) is 4.67. The Hall–Kier alpha value is -2.38. The van der Waals surface area contributed by atoms with Crippen molar-refractivity contribution < 1.29 is 19.4 Å². The smallest absolute Gasteiger partial charge is 0.266 e. The Kier molecular flexibility index (Phi) is 6.13. The lowest BCUT2D eigenvalue weighted by Gasteiger charge is -2.14. The molecule has 1 amide bonds. The van der Waals surface area contributed by atoms with E-state index in [1.165, 1.54) is 16.7 Å². The number of unbranched alkanes of at least 4 members (excludes halogenated alkanes) is 1. The number of rotatable bonds is 7. The maximum absolute atomic E-state index is 12.6. The van der Waals surface area contributed by atoms with E-state index < -0.39 is 5.97 Å². The van der Waals surface area contributed by atoms with Gasteiger partial charge in [0.05, 0.1) is 12.0 Å². The first kappa shape index (κ1) is 19.4. The summed E-state index contributed by atoms with van der Waals surface area (Å²) in [5.74, 6) is -0.405.